The van der Waals surface area contributed by atoms with Gasteiger partial charge in [-0.05, 0) is 0 Å². The van der Waals surface area contributed by atoms with Gasteiger partial charge >= 0.3 is 6.09 Å². The fourth-order valence-electron chi connectivity index (χ4n) is 0. The average Bonchev–Trinajstić information content (AvgIpc) is 1.19. The van der Waals surface area contributed by atoms with Gasteiger partial charge in [0.1, 0.15) is 0 Å². The maximum atomic E-state index is 9.11. The molecule has 0 bridgehead atoms. The number of amides is 1. The van der Waals surface area contributed by atoms with Crippen molar-refractivity contribution in [1.29, 1.82) is 0 Å². The summed E-state index contributed by atoms with van der Waals surface area (Å²) in [5.74, 6) is 0. The quantitative estimate of drug-likeness (QED) is 0.386. The number of carboxylic acid groups (broad SMARTS) is 1. The van der Waals surface area contributed by atoms with Crippen LogP contribution in [0.2, 0.25) is 0 Å². The number of hydrogen-bond donors (Lipinski definition) is 4. The van der Waals surface area contributed by atoms with E-state index in [0.717, 1.165) is 0 Å². The number of hydrogen-bond acceptors (Lipinski definition) is 3. The topological polar surface area (TPSA) is 121 Å². The van der Waals surface area contributed by atoms with Crippen molar-refractivity contribution in [3.05, 3.63) is 0 Å². The van der Waals surface area contributed by atoms with Gasteiger partial charge in [0.2, 0.25) is 0 Å². The molecule has 0 aromatic rings. The van der Waals surface area contributed by atoms with Crippen molar-refractivity contribution in [1.82, 2.24) is 0 Å². The third-order valence-electron chi connectivity index (χ3n) is 0. The van der Waals surface area contributed by atoms with Crippen LogP contribution >= 0.6 is 0 Å². The Balaban J connectivity index is 0. The Bertz CT molecular complexity index is 157. The van der Waals surface area contributed by atoms with Crippen molar-refractivity contribution < 1.29 is 23.2 Å². The van der Waals surface area contributed by atoms with E-state index in [4.69, 9.17) is 23.2 Å². The Morgan fingerprint density at radius 2 is 1.56 bits per heavy atom. The Labute approximate surface area is 56.0 Å². The van der Waals surface area contributed by atoms with Crippen LogP contribution in [0.15, 0.2) is 0 Å². The zero-order valence-corrected chi connectivity index (χ0v) is 5.68. The van der Waals surface area contributed by atoms with Crippen LogP contribution in [0.5, 0.6) is 0 Å². The molecule has 5 N–H and O–H groups in total. The van der Waals surface area contributed by atoms with Gasteiger partial charge in [0.05, 0.1) is 0 Å². The minimum atomic E-state index is -3.83. The molecular weight excluding hydrogens is 170 g/mol. The SMILES string of the molecule is NC(=O)O.O=S(O)(O)=S. The van der Waals surface area contributed by atoms with Gasteiger partial charge in [-0.15, -0.1) is 0 Å². The van der Waals surface area contributed by atoms with Gasteiger partial charge in [-0.1, -0.05) is 0 Å². The van der Waals surface area contributed by atoms with Crippen LogP contribution in [0.4, 0.5) is 4.79 Å². The first-order valence-corrected chi connectivity index (χ1v) is 3.81. The van der Waals surface area contributed by atoms with Crippen LogP contribution in [0.1, 0.15) is 0 Å². The van der Waals surface area contributed by atoms with Crippen molar-refractivity contribution >= 4 is 26.3 Å². The molecule has 0 saturated heterocycles. The summed E-state index contributed by atoms with van der Waals surface area (Å²) in [6.45, 7) is 0. The Kier molecular flexibility index (Phi) is 5.61. The second-order valence-corrected chi connectivity index (χ2v) is 2.98. The lowest BCUT2D eigenvalue weighted by molar-refractivity contribution is 0.205. The minimum Gasteiger partial charge on any atom is -0.465 e. The minimum absolute atomic E-state index is 1.33. The first kappa shape index (κ1) is 11.4. The average molecular weight is 175 g/mol. The summed E-state index contributed by atoms with van der Waals surface area (Å²) in [5.41, 5.74) is 4.03. The van der Waals surface area contributed by atoms with Crippen LogP contribution in [-0.2, 0) is 20.2 Å². The predicted molar refractivity (Wildman–Crippen MR) is 33.0 cm³/mol. The molecule has 9 heavy (non-hydrogen) atoms. The highest BCUT2D eigenvalue weighted by Gasteiger charge is 1.78. The van der Waals surface area contributed by atoms with Gasteiger partial charge in [0.15, 0.2) is 0 Å². The zero-order chi connectivity index (χ0) is 8.08. The molecule has 0 heterocycles. The van der Waals surface area contributed by atoms with Crippen molar-refractivity contribution in [2.24, 2.45) is 5.73 Å². The zero-order valence-electron chi connectivity index (χ0n) is 4.05. The third-order valence-corrected chi connectivity index (χ3v) is 0. The normalized spacial score (nSPS) is 9.11. The summed E-state index contributed by atoms with van der Waals surface area (Å²) >= 11 is 3.47. The van der Waals surface area contributed by atoms with E-state index in [9.17, 15) is 0 Å². The molecule has 0 aromatic heterocycles. The largest absolute Gasteiger partial charge is 0.465 e. The summed E-state index contributed by atoms with van der Waals surface area (Å²) in [6, 6.07) is 0. The van der Waals surface area contributed by atoms with Gasteiger partial charge in [-0.2, -0.15) is 4.21 Å². The van der Waals surface area contributed by atoms with E-state index in [1.807, 2.05) is 0 Å². The summed E-state index contributed by atoms with van der Waals surface area (Å²) in [7, 11) is -3.83. The number of nitrogens with two attached hydrogens (primary N) is 1. The van der Waals surface area contributed by atoms with Crippen LogP contribution in [0, 0.1) is 0 Å². The Hall–Kier alpha value is -0.440. The molecule has 0 aliphatic carbocycles. The first-order chi connectivity index (χ1) is 3.73. The fraction of sp³-hybridized carbons (Fsp3) is 0. The summed E-state index contributed by atoms with van der Waals surface area (Å²) < 4.78 is 24.0. The molecule has 0 unspecified atom stereocenters. The molecule has 0 rings (SSSR count). The highest BCUT2D eigenvalue weighted by Crippen LogP contribution is 1.62. The summed E-state index contributed by atoms with van der Waals surface area (Å²) in [4.78, 5) is 8.78. The van der Waals surface area contributed by atoms with E-state index in [0.29, 0.717) is 0 Å². The summed E-state index contributed by atoms with van der Waals surface area (Å²) in [6.07, 6.45) is -1.33. The molecule has 0 spiro atoms. The highest BCUT2D eigenvalue weighted by molar-refractivity contribution is 8.26. The second kappa shape index (κ2) is 4.44. The van der Waals surface area contributed by atoms with Crippen molar-refractivity contribution in [2.45, 2.75) is 0 Å². The molecule has 6 nitrogen and oxygen atoms in total. The van der Waals surface area contributed by atoms with Crippen molar-refractivity contribution in [3.8, 4) is 0 Å². The molecule has 0 saturated carbocycles. The summed E-state index contributed by atoms with van der Waals surface area (Å²) in [5, 5.41) is 7.19. The number of rotatable bonds is 0. The lowest BCUT2D eigenvalue weighted by Crippen LogP contribution is -2.03. The monoisotopic (exact) mass is 175 g/mol. The maximum absolute atomic E-state index is 9.11. The lowest BCUT2D eigenvalue weighted by Gasteiger charge is -1.73. The maximum Gasteiger partial charge on any atom is 0.402 e. The molecule has 0 aliphatic heterocycles. The van der Waals surface area contributed by atoms with E-state index in [2.05, 4.69) is 16.9 Å². The number of primary amides is 1. The molecule has 0 aromatic carbocycles. The molecule has 0 fully saturated rings. The molecule has 1 amide bonds. The van der Waals surface area contributed by atoms with Gasteiger partial charge in [0, 0.05) is 11.2 Å². The predicted octanol–water partition coefficient (Wildman–Crippen LogP) is -0.698. The van der Waals surface area contributed by atoms with Crippen LogP contribution in [-0.4, -0.2) is 24.5 Å². The first-order valence-electron chi connectivity index (χ1n) is 1.41. The molecule has 0 radical (unpaired) electrons. The van der Waals surface area contributed by atoms with Gasteiger partial charge in [-0.3, -0.25) is 9.11 Å². The number of carbonyl (C=O) groups is 1. The van der Waals surface area contributed by atoms with Crippen LogP contribution in [0.3, 0.4) is 0 Å². The standard InChI is InChI=1S/CH3NO2.H2O3S2/c2-1(3)4;1-5(2,3)4/h2H2,(H,3,4);(H2,1,2,3,4). The third kappa shape index (κ3) is 1210. The molecule has 0 aliphatic rings. The highest BCUT2D eigenvalue weighted by atomic mass is 32.9. The lowest BCUT2D eigenvalue weighted by atomic mass is 11.3. The van der Waals surface area contributed by atoms with Crippen LogP contribution < -0.4 is 5.73 Å². The van der Waals surface area contributed by atoms with Gasteiger partial charge < -0.3 is 10.8 Å². The van der Waals surface area contributed by atoms with Gasteiger partial charge in [-0.25, -0.2) is 4.79 Å². The Morgan fingerprint density at radius 3 is 1.56 bits per heavy atom. The molecule has 0 atom stereocenters. The van der Waals surface area contributed by atoms with E-state index in [-0.39, 0.29) is 0 Å². The molecule has 8 heteroatoms. The van der Waals surface area contributed by atoms with E-state index in [1.54, 1.807) is 0 Å². The fourth-order valence-corrected chi connectivity index (χ4v) is 0. The van der Waals surface area contributed by atoms with Crippen LogP contribution in [0.25, 0.3) is 0 Å². The van der Waals surface area contributed by atoms with Crippen molar-refractivity contribution in [3.63, 3.8) is 0 Å². The van der Waals surface area contributed by atoms with E-state index < -0.39 is 15.1 Å². The smallest absolute Gasteiger partial charge is 0.402 e. The molecular formula is CH5NO5S2. The van der Waals surface area contributed by atoms with E-state index >= 15 is 0 Å². The van der Waals surface area contributed by atoms with Gasteiger partial charge in [0.25, 0.3) is 9.05 Å². The van der Waals surface area contributed by atoms with E-state index in [1.165, 1.54) is 0 Å². The van der Waals surface area contributed by atoms with Crippen molar-refractivity contribution in [2.75, 3.05) is 0 Å². The Morgan fingerprint density at radius 1 is 1.56 bits per heavy atom. The molecule has 56 valence electrons. The second-order valence-electron chi connectivity index (χ2n) is 0.786.